The van der Waals surface area contributed by atoms with E-state index in [-0.39, 0.29) is 17.4 Å². The number of piperazine rings is 1. The number of fused-ring (bicyclic) bond motifs is 1. The van der Waals surface area contributed by atoms with Gasteiger partial charge in [0.1, 0.15) is 11.4 Å². The molecule has 1 saturated heterocycles. The van der Waals surface area contributed by atoms with Crippen LogP contribution in [0.1, 0.15) is 21.5 Å². The lowest BCUT2D eigenvalue weighted by Crippen LogP contribution is -2.43. The number of carbonyl (C=O) groups excluding carboxylic acids is 1. The first-order chi connectivity index (χ1) is 15.5. The van der Waals surface area contributed by atoms with Gasteiger partial charge in [-0.2, -0.15) is 9.37 Å². The second kappa shape index (κ2) is 8.20. The van der Waals surface area contributed by atoms with Crippen LogP contribution >= 0.6 is 0 Å². The van der Waals surface area contributed by atoms with E-state index in [9.17, 15) is 9.18 Å². The molecule has 0 unspecified atom stereocenters. The third-order valence-electron chi connectivity index (χ3n) is 6.13. The molecule has 1 amide bonds. The van der Waals surface area contributed by atoms with Gasteiger partial charge < -0.3 is 21.3 Å². The number of nitrogens with zero attached hydrogens (tertiary/aromatic N) is 3. The van der Waals surface area contributed by atoms with E-state index in [0.29, 0.717) is 23.4 Å². The second-order valence-electron chi connectivity index (χ2n) is 8.21. The minimum atomic E-state index is -0.698. The Hall–Kier alpha value is -3.52. The van der Waals surface area contributed by atoms with Crippen molar-refractivity contribution in [3.05, 3.63) is 59.0 Å². The van der Waals surface area contributed by atoms with Gasteiger partial charge in [-0.1, -0.05) is 12.1 Å². The molecule has 0 spiro atoms. The van der Waals surface area contributed by atoms with Crippen LogP contribution in [0.25, 0.3) is 22.5 Å². The molecule has 1 fully saturated rings. The van der Waals surface area contributed by atoms with Gasteiger partial charge in [0.25, 0.3) is 5.91 Å². The van der Waals surface area contributed by atoms with Crippen LogP contribution in [-0.2, 0) is 6.42 Å². The number of nitrogens with one attached hydrogen (secondary N) is 2. The summed E-state index contributed by atoms with van der Waals surface area (Å²) in [6.45, 7) is 6.26. The number of halogens is 1. The lowest BCUT2D eigenvalue weighted by molar-refractivity contribution is 0.0946. The maximum atomic E-state index is 14.8. The van der Waals surface area contributed by atoms with Gasteiger partial charge >= 0.3 is 0 Å². The van der Waals surface area contributed by atoms with Crippen LogP contribution in [0.4, 0.5) is 15.9 Å². The first kappa shape index (κ1) is 20.4. The summed E-state index contributed by atoms with van der Waals surface area (Å²) in [4.78, 5) is 23.0. The van der Waals surface area contributed by atoms with Crippen LogP contribution in [0, 0.1) is 12.9 Å². The normalized spacial score (nSPS) is 15.9. The van der Waals surface area contributed by atoms with Crippen molar-refractivity contribution >= 4 is 17.4 Å². The minimum absolute atomic E-state index is 0.0343. The zero-order chi connectivity index (χ0) is 22.2. The molecule has 0 atom stereocenters. The third-order valence-corrected chi connectivity index (χ3v) is 6.13. The van der Waals surface area contributed by atoms with Gasteiger partial charge in [-0.15, -0.1) is 0 Å². The van der Waals surface area contributed by atoms with Gasteiger partial charge in [-0.05, 0) is 48.7 Å². The molecular formula is C24H25FN6O. The Morgan fingerprint density at radius 3 is 2.50 bits per heavy atom. The number of amides is 1. The molecule has 32 heavy (non-hydrogen) atoms. The van der Waals surface area contributed by atoms with Crippen molar-refractivity contribution in [1.82, 2.24) is 20.6 Å². The molecule has 0 radical (unpaired) electrons. The molecule has 3 heterocycles. The van der Waals surface area contributed by atoms with E-state index in [1.54, 1.807) is 0 Å². The van der Waals surface area contributed by atoms with E-state index < -0.39 is 5.95 Å². The largest absolute Gasteiger partial charge is 0.382 e. The van der Waals surface area contributed by atoms with Crippen molar-refractivity contribution in [2.45, 2.75) is 13.3 Å². The van der Waals surface area contributed by atoms with E-state index in [1.807, 2.05) is 43.3 Å². The number of anilines is 2. The van der Waals surface area contributed by atoms with Crippen molar-refractivity contribution in [3.8, 4) is 22.5 Å². The summed E-state index contributed by atoms with van der Waals surface area (Å²) in [6.07, 6.45) is 0.725. The summed E-state index contributed by atoms with van der Waals surface area (Å²) in [6, 6.07) is 11.5. The van der Waals surface area contributed by atoms with Gasteiger partial charge in [0.2, 0.25) is 5.95 Å². The fourth-order valence-corrected chi connectivity index (χ4v) is 4.39. The summed E-state index contributed by atoms with van der Waals surface area (Å²) < 4.78 is 14.8. The molecule has 7 nitrogen and oxygen atoms in total. The van der Waals surface area contributed by atoms with Crippen molar-refractivity contribution in [2.24, 2.45) is 0 Å². The van der Waals surface area contributed by atoms with Crippen LogP contribution in [0.2, 0.25) is 0 Å². The fraction of sp³-hybridized carbons (Fsp3) is 0.292. The van der Waals surface area contributed by atoms with Gasteiger partial charge in [0.15, 0.2) is 5.82 Å². The van der Waals surface area contributed by atoms with E-state index in [1.165, 1.54) is 0 Å². The second-order valence-corrected chi connectivity index (χ2v) is 8.21. The number of hydrogen-bond donors (Lipinski definition) is 3. The molecule has 0 bridgehead atoms. The molecule has 0 saturated carbocycles. The van der Waals surface area contributed by atoms with Crippen LogP contribution < -0.4 is 21.3 Å². The number of hydrogen-bond acceptors (Lipinski definition) is 6. The van der Waals surface area contributed by atoms with E-state index in [4.69, 9.17) is 5.73 Å². The Morgan fingerprint density at radius 2 is 1.75 bits per heavy atom. The Balaban J connectivity index is 1.53. The number of aryl methyl sites for hydroxylation is 1. The van der Waals surface area contributed by atoms with Crippen LogP contribution in [0.5, 0.6) is 0 Å². The van der Waals surface area contributed by atoms with Crippen LogP contribution in [0.15, 0.2) is 36.4 Å². The fourth-order valence-electron chi connectivity index (χ4n) is 4.39. The summed E-state index contributed by atoms with van der Waals surface area (Å²) >= 11 is 0. The quantitative estimate of drug-likeness (QED) is 0.589. The van der Waals surface area contributed by atoms with Crippen molar-refractivity contribution < 1.29 is 9.18 Å². The van der Waals surface area contributed by atoms with Gasteiger partial charge in [0.05, 0.1) is 0 Å². The van der Waals surface area contributed by atoms with Crippen molar-refractivity contribution in [2.75, 3.05) is 43.4 Å². The van der Waals surface area contributed by atoms with Gasteiger partial charge in [-0.25, -0.2) is 4.98 Å². The molecule has 0 aliphatic carbocycles. The number of aromatic nitrogens is 2. The molecule has 2 aromatic carbocycles. The predicted octanol–water partition coefficient (Wildman–Crippen LogP) is 2.54. The molecule has 8 heteroatoms. The smallest absolute Gasteiger partial charge is 0.251 e. The summed E-state index contributed by atoms with van der Waals surface area (Å²) in [5, 5.41) is 6.19. The topological polar surface area (TPSA) is 96.2 Å². The SMILES string of the molecule is Cc1cc2c(cc1-c1nc(-c3ccc(N4CCNCC4)cc3)c(F)nc1N)CCNC2=O. The lowest BCUT2D eigenvalue weighted by atomic mass is 9.93. The first-order valence-corrected chi connectivity index (χ1v) is 10.8. The zero-order valence-electron chi connectivity index (χ0n) is 17.9. The van der Waals surface area contributed by atoms with Crippen molar-refractivity contribution in [1.29, 1.82) is 0 Å². The lowest BCUT2D eigenvalue weighted by Gasteiger charge is -2.29. The Labute approximate surface area is 185 Å². The highest BCUT2D eigenvalue weighted by Crippen LogP contribution is 2.33. The van der Waals surface area contributed by atoms with Gasteiger partial charge in [0, 0.05) is 55.1 Å². The molecule has 164 valence electrons. The van der Waals surface area contributed by atoms with Crippen LogP contribution in [0.3, 0.4) is 0 Å². The monoisotopic (exact) mass is 432 g/mol. The first-order valence-electron chi connectivity index (χ1n) is 10.8. The van der Waals surface area contributed by atoms with E-state index >= 15 is 0 Å². The number of nitrogens with two attached hydrogens (primary N) is 1. The van der Waals surface area contributed by atoms with E-state index in [0.717, 1.165) is 55.0 Å². The summed E-state index contributed by atoms with van der Waals surface area (Å²) in [5.74, 6) is -0.743. The summed E-state index contributed by atoms with van der Waals surface area (Å²) in [7, 11) is 0. The maximum Gasteiger partial charge on any atom is 0.251 e. The number of rotatable bonds is 3. The maximum absolute atomic E-state index is 14.8. The standard InChI is InChI=1S/C24H25FN6O/c1-14-12-19-16(6-7-28-24(19)32)13-18(14)21-23(26)30-22(25)20(29-21)15-2-4-17(5-3-15)31-10-8-27-9-11-31/h2-5,12-13,27H,6-11H2,1H3,(H2,26,30)(H,28,32). The van der Waals surface area contributed by atoms with E-state index in [2.05, 4.69) is 25.5 Å². The molecule has 3 aromatic rings. The zero-order valence-corrected chi connectivity index (χ0v) is 17.9. The van der Waals surface area contributed by atoms with Gasteiger partial charge in [-0.3, -0.25) is 4.79 Å². The highest BCUT2D eigenvalue weighted by atomic mass is 19.1. The predicted molar refractivity (Wildman–Crippen MR) is 123 cm³/mol. The Morgan fingerprint density at radius 1 is 1.00 bits per heavy atom. The average molecular weight is 433 g/mol. The molecule has 1 aromatic heterocycles. The van der Waals surface area contributed by atoms with Crippen LogP contribution in [-0.4, -0.2) is 48.6 Å². The minimum Gasteiger partial charge on any atom is -0.382 e. The number of carbonyl (C=O) groups is 1. The highest BCUT2D eigenvalue weighted by molar-refractivity contribution is 5.98. The Bertz CT molecular complexity index is 1190. The molecule has 4 N–H and O–H groups in total. The highest BCUT2D eigenvalue weighted by Gasteiger charge is 2.22. The molecule has 5 rings (SSSR count). The molecule has 2 aliphatic heterocycles. The molecular weight excluding hydrogens is 407 g/mol. The molecule has 2 aliphatic rings. The average Bonchev–Trinajstić information content (AvgIpc) is 2.81. The van der Waals surface area contributed by atoms with Crippen molar-refractivity contribution in [3.63, 3.8) is 0 Å². The third kappa shape index (κ3) is 3.67. The summed E-state index contributed by atoms with van der Waals surface area (Å²) in [5.41, 5.74) is 11.6. The number of nitrogen functional groups attached to an aromatic ring is 1. The Kier molecular flexibility index (Phi) is 5.22. The number of benzene rings is 2.